The Morgan fingerprint density at radius 1 is 0.667 bits per heavy atom. The van der Waals surface area contributed by atoms with Crippen LogP contribution in [-0.2, 0) is 0 Å². The summed E-state index contributed by atoms with van der Waals surface area (Å²) in [4.78, 5) is 9.50. The van der Waals surface area contributed by atoms with Gasteiger partial charge in [-0.15, -0.1) is 0 Å². The normalized spacial score (nSPS) is 12.2. The minimum absolute atomic E-state index is 0.0150. The van der Waals surface area contributed by atoms with E-state index in [-0.39, 0.29) is 5.39 Å². The predicted molar refractivity (Wildman–Crippen MR) is 90.9 cm³/mol. The molecule has 0 amide bonds. The minimum atomic E-state index is -0.558. The van der Waals surface area contributed by atoms with E-state index in [4.69, 9.17) is 9.97 Å². The molecule has 0 aliphatic heterocycles. The van der Waals surface area contributed by atoms with E-state index in [9.17, 15) is 8.78 Å². The van der Waals surface area contributed by atoms with E-state index in [1.165, 1.54) is 12.1 Å². The molecule has 0 radical (unpaired) electrons. The van der Waals surface area contributed by atoms with Gasteiger partial charge in [0.1, 0.15) is 11.6 Å². The van der Waals surface area contributed by atoms with Crippen molar-refractivity contribution in [2.45, 2.75) is 13.8 Å². The van der Waals surface area contributed by atoms with Crippen LogP contribution in [0.2, 0.25) is 0 Å². The first kappa shape index (κ1) is 13.5. The Balaban J connectivity index is 1.97. The summed E-state index contributed by atoms with van der Waals surface area (Å²) in [6.07, 6.45) is 0. The lowest BCUT2D eigenvalue weighted by Crippen LogP contribution is -1.92. The van der Waals surface area contributed by atoms with E-state index in [0.29, 0.717) is 16.8 Å². The van der Waals surface area contributed by atoms with Gasteiger partial charge in [-0.1, -0.05) is 0 Å². The number of benzene rings is 3. The Morgan fingerprint density at radius 3 is 1.58 bits per heavy atom. The van der Waals surface area contributed by atoms with Crippen LogP contribution in [0.3, 0.4) is 0 Å². The number of fused-ring (bicyclic) bond motifs is 4. The molecule has 1 heterocycles. The highest BCUT2D eigenvalue weighted by Crippen LogP contribution is 2.47. The van der Waals surface area contributed by atoms with Crippen LogP contribution in [-0.4, -0.2) is 9.97 Å². The molecular formula is C20H12F2N2. The molecule has 4 heteroatoms. The second-order valence-electron chi connectivity index (χ2n) is 6.29. The van der Waals surface area contributed by atoms with E-state index in [0.717, 1.165) is 33.3 Å². The predicted octanol–water partition coefficient (Wildman–Crippen LogP) is 5.33. The fraction of sp³-hybridized carbons (Fsp3) is 0.100. The lowest BCUT2D eigenvalue weighted by Gasteiger charge is -2.06. The quantitative estimate of drug-likeness (QED) is 0.386. The maximum atomic E-state index is 14.2. The van der Waals surface area contributed by atoms with Crippen molar-refractivity contribution in [3.05, 3.63) is 59.2 Å². The third kappa shape index (κ3) is 1.58. The van der Waals surface area contributed by atoms with Crippen LogP contribution in [0.5, 0.6) is 0 Å². The summed E-state index contributed by atoms with van der Waals surface area (Å²) in [5.74, 6) is -1.12. The molecule has 0 atom stereocenters. The van der Waals surface area contributed by atoms with Gasteiger partial charge in [0, 0.05) is 16.5 Å². The smallest absolute Gasteiger partial charge is 0.134 e. The zero-order valence-electron chi connectivity index (χ0n) is 13.1. The molecule has 2 nitrogen and oxygen atoms in total. The summed E-state index contributed by atoms with van der Waals surface area (Å²) < 4.78 is 28.3. The van der Waals surface area contributed by atoms with Gasteiger partial charge in [-0.2, -0.15) is 0 Å². The van der Waals surface area contributed by atoms with E-state index in [2.05, 4.69) is 0 Å². The molecule has 5 rings (SSSR count). The first-order valence-electron chi connectivity index (χ1n) is 7.75. The molecule has 0 fully saturated rings. The standard InChI is InChI=1S/C20H12F2N2/c1-9-7-15-16(8-10(9)2)24-20-12-4-6-14(22)18-13(21)5-3-11(17(12)18)19(20)23-15/h3-8H,1-2H3. The van der Waals surface area contributed by atoms with E-state index < -0.39 is 11.6 Å². The molecule has 0 N–H and O–H groups in total. The molecule has 1 aliphatic carbocycles. The lowest BCUT2D eigenvalue weighted by atomic mass is 10.0. The summed E-state index contributed by atoms with van der Waals surface area (Å²) in [6, 6.07) is 9.92. The van der Waals surface area contributed by atoms with Gasteiger partial charge in [0.25, 0.3) is 0 Å². The van der Waals surface area contributed by atoms with Crippen molar-refractivity contribution < 1.29 is 8.78 Å². The maximum absolute atomic E-state index is 14.2. The second kappa shape index (κ2) is 4.35. The van der Waals surface area contributed by atoms with Crippen LogP contribution < -0.4 is 0 Å². The Hall–Kier alpha value is -2.88. The van der Waals surface area contributed by atoms with Crippen molar-refractivity contribution >= 4 is 21.8 Å². The molecule has 24 heavy (non-hydrogen) atoms. The molecule has 0 unspecified atom stereocenters. The first-order chi connectivity index (χ1) is 11.5. The van der Waals surface area contributed by atoms with Crippen LogP contribution in [0.4, 0.5) is 8.78 Å². The summed E-state index contributed by atoms with van der Waals surface area (Å²) >= 11 is 0. The third-order valence-electron chi connectivity index (χ3n) is 4.85. The fourth-order valence-corrected chi connectivity index (χ4v) is 3.50. The second-order valence-corrected chi connectivity index (χ2v) is 6.29. The van der Waals surface area contributed by atoms with Crippen molar-refractivity contribution in [2.24, 2.45) is 0 Å². The van der Waals surface area contributed by atoms with Gasteiger partial charge < -0.3 is 0 Å². The van der Waals surface area contributed by atoms with Crippen molar-refractivity contribution in [1.82, 2.24) is 9.97 Å². The summed E-state index contributed by atoms with van der Waals surface area (Å²) in [7, 11) is 0. The summed E-state index contributed by atoms with van der Waals surface area (Å²) in [5.41, 5.74) is 6.73. The van der Waals surface area contributed by atoms with Gasteiger partial charge in [0.15, 0.2) is 0 Å². The van der Waals surface area contributed by atoms with E-state index >= 15 is 0 Å². The van der Waals surface area contributed by atoms with Crippen LogP contribution in [0.15, 0.2) is 36.4 Å². The van der Waals surface area contributed by atoms with E-state index in [1.54, 1.807) is 12.1 Å². The van der Waals surface area contributed by atoms with Gasteiger partial charge in [-0.25, -0.2) is 18.7 Å². The van der Waals surface area contributed by atoms with Crippen molar-refractivity contribution in [2.75, 3.05) is 0 Å². The highest BCUT2D eigenvalue weighted by atomic mass is 19.1. The van der Waals surface area contributed by atoms with Gasteiger partial charge in [0.2, 0.25) is 0 Å². The average Bonchev–Trinajstić information content (AvgIpc) is 2.85. The number of aromatic nitrogens is 2. The molecule has 0 saturated carbocycles. The van der Waals surface area contributed by atoms with Crippen LogP contribution in [0.25, 0.3) is 44.3 Å². The lowest BCUT2D eigenvalue weighted by molar-refractivity contribution is 0.608. The number of halogens is 2. The number of rotatable bonds is 0. The zero-order chi connectivity index (χ0) is 16.6. The molecule has 0 bridgehead atoms. The Kier molecular flexibility index (Phi) is 2.46. The van der Waals surface area contributed by atoms with Crippen LogP contribution >= 0.6 is 0 Å². The summed E-state index contributed by atoms with van der Waals surface area (Å²) in [6.45, 7) is 4.06. The van der Waals surface area contributed by atoms with E-state index in [1.807, 2.05) is 26.0 Å². The number of aryl methyl sites for hydroxylation is 2. The molecule has 0 spiro atoms. The fourth-order valence-electron chi connectivity index (χ4n) is 3.50. The van der Waals surface area contributed by atoms with Gasteiger partial charge in [-0.05, 0) is 61.4 Å². The molecule has 3 aromatic carbocycles. The van der Waals surface area contributed by atoms with Crippen LogP contribution in [0, 0.1) is 25.5 Å². The van der Waals surface area contributed by atoms with Gasteiger partial charge in [-0.3, -0.25) is 0 Å². The Morgan fingerprint density at radius 2 is 1.12 bits per heavy atom. The highest BCUT2D eigenvalue weighted by molar-refractivity contribution is 6.14. The SMILES string of the molecule is Cc1cc2nc3c(nc2cc1C)-c1ccc(F)c2c(F)ccc-3c12. The third-order valence-corrected chi connectivity index (χ3v) is 4.85. The van der Waals surface area contributed by atoms with Crippen molar-refractivity contribution in [3.8, 4) is 22.5 Å². The Labute approximate surface area is 136 Å². The number of hydrogen-bond donors (Lipinski definition) is 0. The minimum Gasteiger partial charge on any atom is -0.244 e. The largest absolute Gasteiger partial charge is 0.244 e. The molecule has 116 valence electrons. The van der Waals surface area contributed by atoms with Crippen molar-refractivity contribution in [3.63, 3.8) is 0 Å². The Bertz CT molecular complexity index is 1110. The van der Waals surface area contributed by atoms with Crippen LogP contribution in [0.1, 0.15) is 11.1 Å². The van der Waals surface area contributed by atoms with Crippen molar-refractivity contribution in [1.29, 1.82) is 0 Å². The molecule has 0 saturated heterocycles. The zero-order valence-corrected chi connectivity index (χ0v) is 13.1. The molecule has 4 aromatic rings. The molecule has 1 aromatic heterocycles. The average molecular weight is 318 g/mol. The first-order valence-corrected chi connectivity index (χ1v) is 7.75. The van der Waals surface area contributed by atoms with Gasteiger partial charge in [0.05, 0.1) is 27.8 Å². The molecular weight excluding hydrogens is 306 g/mol. The topological polar surface area (TPSA) is 25.8 Å². The number of nitrogens with zero attached hydrogens (tertiary/aromatic N) is 2. The van der Waals surface area contributed by atoms with Gasteiger partial charge >= 0.3 is 0 Å². The highest BCUT2D eigenvalue weighted by Gasteiger charge is 2.27. The molecule has 1 aliphatic rings. The maximum Gasteiger partial charge on any atom is 0.134 e. The summed E-state index contributed by atoms with van der Waals surface area (Å²) in [5, 5.41) is 0.579. The monoisotopic (exact) mass is 318 g/mol. The number of hydrogen-bond acceptors (Lipinski definition) is 2.